The van der Waals surface area contributed by atoms with Crippen molar-refractivity contribution >= 4 is 18.0 Å². The first kappa shape index (κ1) is 21.6. The van der Waals surface area contributed by atoms with E-state index in [1.54, 1.807) is 19.1 Å². The van der Waals surface area contributed by atoms with E-state index in [2.05, 4.69) is 5.32 Å². The molecule has 0 unspecified atom stereocenters. The zero-order valence-electron chi connectivity index (χ0n) is 17.6. The number of carboxylic acid groups (broad SMARTS) is 1. The number of hydrogen-bond donors (Lipinski definition) is 1. The molecule has 1 aromatic heterocycles. The summed E-state index contributed by atoms with van der Waals surface area (Å²) in [6.07, 6.45) is 1.55. The van der Waals surface area contributed by atoms with Crippen LogP contribution >= 0.6 is 0 Å². The van der Waals surface area contributed by atoms with Gasteiger partial charge < -0.3 is 19.8 Å². The van der Waals surface area contributed by atoms with Gasteiger partial charge >= 0.3 is 0 Å². The monoisotopic (exact) mass is 412 g/mol. The molecule has 0 aliphatic heterocycles. The fraction of sp³-hybridized carbons (Fsp3) is 0.160. The van der Waals surface area contributed by atoms with Gasteiger partial charge in [-0.25, -0.2) is 0 Å². The van der Waals surface area contributed by atoms with Crippen LogP contribution in [0, 0.1) is 32.1 Å². The number of carbonyl (C=O) groups excluding carboxylic acids is 2. The van der Waals surface area contributed by atoms with Gasteiger partial charge in [-0.3, -0.25) is 4.79 Å². The van der Waals surface area contributed by atoms with E-state index in [4.69, 9.17) is 0 Å². The molecule has 6 nitrogen and oxygen atoms in total. The zero-order chi connectivity index (χ0) is 22.5. The first-order chi connectivity index (χ1) is 14.8. The smallest absolute Gasteiger partial charge is 0.262 e. The Bertz CT molecular complexity index is 1210. The van der Waals surface area contributed by atoms with Crippen molar-refractivity contribution in [3.63, 3.8) is 0 Å². The Hall–Kier alpha value is -4.11. The minimum absolute atomic E-state index is 0.00334. The first-order valence-electron chi connectivity index (χ1n) is 9.77. The summed E-state index contributed by atoms with van der Waals surface area (Å²) in [6.45, 7) is 5.80. The molecule has 0 bridgehead atoms. The molecule has 3 aromatic rings. The topological polar surface area (TPSA) is 97.9 Å². The van der Waals surface area contributed by atoms with Gasteiger partial charge in [-0.15, -0.1) is 0 Å². The number of aromatic carboxylic acids is 1. The van der Waals surface area contributed by atoms with E-state index in [0.717, 1.165) is 17.0 Å². The van der Waals surface area contributed by atoms with Gasteiger partial charge in [0.25, 0.3) is 5.91 Å². The van der Waals surface area contributed by atoms with Crippen LogP contribution in [0.3, 0.4) is 0 Å². The molecule has 0 radical (unpaired) electrons. The van der Waals surface area contributed by atoms with E-state index in [1.165, 1.54) is 6.07 Å². The second-order valence-electron chi connectivity index (χ2n) is 7.24. The number of benzene rings is 2. The summed E-state index contributed by atoms with van der Waals surface area (Å²) in [5.41, 5.74) is 4.71. The van der Waals surface area contributed by atoms with Gasteiger partial charge in [0, 0.05) is 29.2 Å². The van der Waals surface area contributed by atoms with Crippen LogP contribution in [-0.2, 0) is 11.3 Å². The molecular weight excluding hydrogens is 390 g/mol. The Labute approximate surface area is 181 Å². The number of aromatic nitrogens is 1. The highest BCUT2D eigenvalue weighted by molar-refractivity contribution is 6.01. The summed E-state index contributed by atoms with van der Waals surface area (Å²) in [5, 5.41) is 23.7. The minimum Gasteiger partial charge on any atom is -0.545 e. The fourth-order valence-electron chi connectivity index (χ4n) is 3.57. The molecule has 0 aliphatic carbocycles. The van der Waals surface area contributed by atoms with Crippen LogP contribution in [-0.4, -0.2) is 16.4 Å². The van der Waals surface area contributed by atoms with Gasteiger partial charge in [-0.2, -0.15) is 5.26 Å². The number of nitrogens with one attached hydrogen (secondary N) is 1. The Balaban J connectivity index is 1.93. The average molecular weight is 412 g/mol. The maximum atomic E-state index is 12.5. The number of aryl methyl sites for hydroxylation is 1. The highest BCUT2D eigenvalue weighted by Crippen LogP contribution is 2.26. The predicted octanol–water partition coefficient (Wildman–Crippen LogP) is 2.99. The van der Waals surface area contributed by atoms with Crippen molar-refractivity contribution in [2.24, 2.45) is 0 Å². The van der Waals surface area contributed by atoms with Crippen molar-refractivity contribution < 1.29 is 14.7 Å². The lowest BCUT2D eigenvalue weighted by molar-refractivity contribution is -0.255. The third kappa shape index (κ3) is 4.57. The van der Waals surface area contributed by atoms with Gasteiger partial charge in [-0.1, -0.05) is 42.5 Å². The molecule has 0 atom stereocenters. The molecule has 31 heavy (non-hydrogen) atoms. The highest BCUT2D eigenvalue weighted by atomic mass is 16.4. The SMILES string of the molecule is Cc1c(C(=O)[O-])cccc1-n1c(C)cc(/C=C(\C#N)C(=O)NCc2ccccc2)c1C. The fourth-order valence-corrected chi connectivity index (χ4v) is 3.57. The minimum atomic E-state index is -1.23. The summed E-state index contributed by atoms with van der Waals surface area (Å²) in [6, 6.07) is 18.3. The second kappa shape index (κ2) is 9.14. The highest BCUT2D eigenvalue weighted by Gasteiger charge is 2.15. The standard InChI is InChI=1S/C25H23N3O3/c1-16-12-20(13-21(14-26)24(29)27-15-19-8-5-4-6-9-19)18(3)28(16)23-11-7-10-22(17(23)2)25(30)31/h4-13H,15H2,1-3H3,(H,27,29)(H,30,31)/p-1/b21-13+. The van der Waals surface area contributed by atoms with E-state index in [9.17, 15) is 20.0 Å². The molecule has 6 heteroatoms. The Morgan fingerprint density at radius 3 is 2.45 bits per heavy atom. The molecule has 0 fully saturated rings. The van der Waals surface area contributed by atoms with Crippen molar-refractivity contribution in [3.05, 3.63) is 93.8 Å². The third-order valence-electron chi connectivity index (χ3n) is 5.20. The lowest BCUT2D eigenvalue weighted by Gasteiger charge is -2.16. The van der Waals surface area contributed by atoms with Crippen molar-refractivity contribution in [1.82, 2.24) is 9.88 Å². The molecule has 3 rings (SSSR count). The maximum absolute atomic E-state index is 12.5. The van der Waals surface area contributed by atoms with Crippen LogP contribution in [0.25, 0.3) is 11.8 Å². The summed E-state index contributed by atoms with van der Waals surface area (Å²) in [7, 11) is 0. The van der Waals surface area contributed by atoms with Crippen LogP contribution in [0.4, 0.5) is 0 Å². The third-order valence-corrected chi connectivity index (χ3v) is 5.20. The molecule has 1 amide bonds. The number of nitriles is 1. The zero-order valence-corrected chi connectivity index (χ0v) is 17.6. The van der Waals surface area contributed by atoms with Gasteiger partial charge in [0.2, 0.25) is 0 Å². The van der Waals surface area contributed by atoms with Crippen LogP contribution in [0.5, 0.6) is 0 Å². The van der Waals surface area contributed by atoms with Gasteiger partial charge in [0.1, 0.15) is 11.6 Å². The molecule has 0 saturated heterocycles. The van der Waals surface area contributed by atoms with E-state index in [1.807, 2.05) is 66.9 Å². The van der Waals surface area contributed by atoms with Crippen molar-refractivity contribution in [2.75, 3.05) is 0 Å². The van der Waals surface area contributed by atoms with Crippen LogP contribution < -0.4 is 10.4 Å². The number of carboxylic acids is 1. The van der Waals surface area contributed by atoms with E-state index < -0.39 is 11.9 Å². The normalized spacial score (nSPS) is 11.1. The number of amides is 1. The average Bonchev–Trinajstić information content (AvgIpc) is 3.03. The predicted molar refractivity (Wildman–Crippen MR) is 116 cm³/mol. The molecule has 2 aromatic carbocycles. The number of hydrogen-bond acceptors (Lipinski definition) is 4. The summed E-state index contributed by atoms with van der Waals surface area (Å²) < 4.78 is 1.91. The summed E-state index contributed by atoms with van der Waals surface area (Å²) >= 11 is 0. The van der Waals surface area contributed by atoms with Crippen LogP contribution in [0.15, 0.2) is 60.2 Å². The number of rotatable bonds is 6. The molecule has 1 N–H and O–H groups in total. The number of nitrogens with zero attached hydrogens (tertiary/aromatic N) is 2. The van der Waals surface area contributed by atoms with E-state index in [0.29, 0.717) is 23.4 Å². The van der Waals surface area contributed by atoms with E-state index in [-0.39, 0.29) is 11.1 Å². The first-order valence-corrected chi connectivity index (χ1v) is 9.77. The molecule has 0 aliphatic rings. The van der Waals surface area contributed by atoms with Crippen molar-refractivity contribution in [1.29, 1.82) is 5.26 Å². The Kier molecular flexibility index (Phi) is 6.37. The quantitative estimate of drug-likeness (QED) is 0.497. The lowest BCUT2D eigenvalue weighted by atomic mass is 10.1. The van der Waals surface area contributed by atoms with Crippen LogP contribution in [0.2, 0.25) is 0 Å². The molecule has 1 heterocycles. The van der Waals surface area contributed by atoms with Gasteiger partial charge in [-0.05, 0) is 55.7 Å². The maximum Gasteiger partial charge on any atom is 0.262 e. The summed E-state index contributed by atoms with van der Waals surface area (Å²) in [5.74, 6) is -1.69. The summed E-state index contributed by atoms with van der Waals surface area (Å²) in [4.78, 5) is 23.9. The van der Waals surface area contributed by atoms with Crippen molar-refractivity contribution in [3.8, 4) is 11.8 Å². The second-order valence-corrected chi connectivity index (χ2v) is 7.24. The van der Waals surface area contributed by atoms with E-state index >= 15 is 0 Å². The number of carbonyl (C=O) groups is 2. The van der Waals surface area contributed by atoms with Gasteiger partial charge in [0.15, 0.2) is 0 Å². The molecule has 156 valence electrons. The lowest BCUT2D eigenvalue weighted by Crippen LogP contribution is -2.24. The molecule has 0 spiro atoms. The van der Waals surface area contributed by atoms with Crippen LogP contribution in [0.1, 0.15) is 38.4 Å². The molecular formula is C25H22N3O3-. The Morgan fingerprint density at radius 1 is 1.10 bits per heavy atom. The largest absolute Gasteiger partial charge is 0.545 e. The van der Waals surface area contributed by atoms with Crippen molar-refractivity contribution in [2.45, 2.75) is 27.3 Å². The van der Waals surface area contributed by atoms with Gasteiger partial charge in [0.05, 0.1) is 5.97 Å². The molecule has 0 saturated carbocycles. The Morgan fingerprint density at radius 2 is 1.81 bits per heavy atom.